The van der Waals surface area contributed by atoms with Crippen LogP contribution in [-0.2, 0) is 0 Å². The zero-order valence-corrected chi connectivity index (χ0v) is 11.8. The van der Waals surface area contributed by atoms with Gasteiger partial charge < -0.3 is 15.0 Å². The summed E-state index contributed by atoms with van der Waals surface area (Å²) in [6.07, 6.45) is 0. The number of hydrogen-bond acceptors (Lipinski definition) is 3. The number of methoxy groups -OCH3 is 1. The molecule has 0 bridgehead atoms. The Morgan fingerprint density at radius 1 is 0.950 bits per heavy atom. The summed E-state index contributed by atoms with van der Waals surface area (Å²) in [7, 11) is 1.74. The van der Waals surface area contributed by atoms with E-state index >= 15 is 0 Å². The first kappa shape index (κ1) is 13.0. The zero-order chi connectivity index (χ0) is 13.8. The smallest absolute Gasteiger partial charge is 0.142 e. The van der Waals surface area contributed by atoms with Gasteiger partial charge in [-0.25, -0.2) is 0 Å². The molecule has 1 aliphatic rings. The van der Waals surface area contributed by atoms with Gasteiger partial charge in [-0.3, -0.25) is 0 Å². The number of ether oxygens (including phenoxy) is 1. The summed E-state index contributed by atoms with van der Waals surface area (Å²) in [6.45, 7) is 4.10. The van der Waals surface area contributed by atoms with Crippen molar-refractivity contribution < 1.29 is 4.74 Å². The molecular weight excluding hydrogens is 248 g/mol. The molecule has 0 atom stereocenters. The maximum Gasteiger partial charge on any atom is 0.142 e. The van der Waals surface area contributed by atoms with Crippen molar-refractivity contribution in [2.75, 3.05) is 38.2 Å². The molecule has 2 aromatic carbocycles. The van der Waals surface area contributed by atoms with Crippen LogP contribution in [0.1, 0.15) is 0 Å². The fourth-order valence-corrected chi connectivity index (χ4v) is 2.65. The van der Waals surface area contributed by atoms with E-state index in [1.54, 1.807) is 7.11 Å². The van der Waals surface area contributed by atoms with Gasteiger partial charge >= 0.3 is 0 Å². The molecule has 0 spiro atoms. The summed E-state index contributed by atoms with van der Waals surface area (Å²) in [4.78, 5) is 2.39. The molecule has 1 fully saturated rings. The first-order valence-electron chi connectivity index (χ1n) is 7.07. The summed E-state index contributed by atoms with van der Waals surface area (Å²) in [5, 5.41) is 3.39. The van der Waals surface area contributed by atoms with Crippen LogP contribution < -0.4 is 15.0 Å². The third kappa shape index (κ3) is 2.63. The van der Waals surface area contributed by atoms with Crippen molar-refractivity contribution in [3.05, 3.63) is 48.5 Å². The number of rotatable bonds is 3. The van der Waals surface area contributed by atoms with Crippen LogP contribution in [-0.4, -0.2) is 33.3 Å². The maximum atomic E-state index is 5.53. The second-order valence-corrected chi connectivity index (χ2v) is 4.99. The lowest BCUT2D eigenvalue weighted by Gasteiger charge is -2.31. The minimum atomic E-state index is 0.951. The van der Waals surface area contributed by atoms with Crippen LogP contribution in [0.2, 0.25) is 0 Å². The molecule has 0 amide bonds. The third-order valence-corrected chi connectivity index (χ3v) is 3.74. The van der Waals surface area contributed by atoms with Crippen LogP contribution in [0, 0.1) is 0 Å². The molecule has 2 aromatic rings. The van der Waals surface area contributed by atoms with Gasteiger partial charge in [0.2, 0.25) is 0 Å². The zero-order valence-electron chi connectivity index (χ0n) is 11.8. The number of piperazine rings is 1. The first-order valence-corrected chi connectivity index (χ1v) is 7.07. The maximum absolute atomic E-state index is 5.53. The highest BCUT2D eigenvalue weighted by Crippen LogP contribution is 2.33. The van der Waals surface area contributed by atoms with Crippen LogP contribution in [0.15, 0.2) is 48.5 Å². The van der Waals surface area contributed by atoms with Crippen LogP contribution in [0.5, 0.6) is 5.75 Å². The number of benzene rings is 2. The van der Waals surface area contributed by atoms with Crippen molar-refractivity contribution in [3.8, 4) is 16.9 Å². The Labute approximate surface area is 120 Å². The average Bonchev–Trinajstić information content (AvgIpc) is 2.56. The fourth-order valence-electron chi connectivity index (χ4n) is 2.65. The Balaban J connectivity index is 1.98. The predicted octanol–water partition coefficient (Wildman–Crippen LogP) is 2.77. The van der Waals surface area contributed by atoms with Gasteiger partial charge in [0.25, 0.3) is 0 Å². The SMILES string of the molecule is COc1ccc(-c2ccccc2)cc1N1CCNCC1. The highest BCUT2D eigenvalue weighted by atomic mass is 16.5. The standard InChI is InChI=1S/C17H20N2O/c1-20-17-8-7-15(14-5-3-2-4-6-14)13-16(17)19-11-9-18-10-12-19/h2-8,13,18H,9-12H2,1H3. The molecule has 0 saturated carbocycles. The summed E-state index contributed by atoms with van der Waals surface area (Å²) < 4.78 is 5.53. The predicted molar refractivity (Wildman–Crippen MR) is 83.5 cm³/mol. The molecule has 0 unspecified atom stereocenters. The Kier molecular flexibility index (Phi) is 3.88. The Morgan fingerprint density at radius 2 is 1.70 bits per heavy atom. The van der Waals surface area contributed by atoms with Gasteiger partial charge in [-0.05, 0) is 23.3 Å². The van der Waals surface area contributed by atoms with Gasteiger partial charge in [0, 0.05) is 26.2 Å². The van der Waals surface area contributed by atoms with Crippen molar-refractivity contribution in [1.29, 1.82) is 0 Å². The quantitative estimate of drug-likeness (QED) is 0.926. The topological polar surface area (TPSA) is 24.5 Å². The average molecular weight is 268 g/mol. The van der Waals surface area contributed by atoms with E-state index in [2.05, 4.69) is 52.7 Å². The molecule has 3 nitrogen and oxygen atoms in total. The van der Waals surface area contributed by atoms with E-state index in [-0.39, 0.29) is 0 Å². The molecule has 0 radical (unpaired) electrons. The molecule has 3 heteroatoms. The van der Waals surface area contributed by atoms with Crippen LogP contribution in [0.3, 0.4) is 0 Å². The summed E-state index contributed by atoms with van der Waals surface area (Å²) in [5.41, 5.74) is 3.67. The molecule has 1 saturated heterocycles. The van der Waals surface area contributed by atoms with E-state index in [1.807, 2.05) is 6.07 Å². The molecule has 104 valence electrons. The number of nitrogens with zero attached hydrogens (tertiary/aromatic N) is 1. The molecule has 1 N–H and O–H groups in total. The molecule has 1 heterocycles. The van der Waals surface area contributed by atoms with Gasteiger partial charge in [0.15, 0.2) is 0 Å². The van der Waals surface area contributed by atoms with E-state index in [0.717, 1.165) is 31.9 Å². The van der Waals surface area contributed by atoms with E-state index < -0.39 is 0 Å². The summed E-state index contributed by atoms with van der Waals surface area (Å²) in [6, 6.07) is 16.9. The lowest BCUT2D eigenvalue weighted by atomic mass is 10.0. The third-order valence-electron chi connectivity index (χ3n) is 3.74. The van der Waals surface area contributed by atoms with Gasteiger partial charge in [0.1, 0.15) is 5.75 Å². The minimum absolute atomic E-state index is 0.951. The monoisotopic (exact) mass is 268 g/mol. The highest BCUT2D eigenvalue weighted by molar-refractivity contribution is 5.72. The minimum Gasteiger partial charge on any atom is -0.495 e. The summed E-state index contributed by atoms with van der Waals surface area (Å²) >= 11 is 0. The van der Waals surface area contributed by atoms with Crippen molar-refractivity contribution >= 4 is 5.69 Å². The Morgan fingerprint density at radius 3 is 2.40 bits per heavy atom. The van der Waals surface area contributed by atoms with Crippen LogP contribution in [0.4, 0.5) is 5.69 Å². The van der Waals surface area contributed by atoms with Crippen molar-refractivity contribution in [2.45, 2.75) is 0 Å². The highest BCUT2D eigenvalue weighted by Gasteiger charge is 2.15. The first-order chi connectivity index (χ1) is 9.88. The molecule has 0 aromatic heterocycles. The van der Waals surface area contributed by atoms with Crippen LogP contribution in [0.25, 0.3) is 11.1 Å². The second-order valence-electron chi connectivity index (χ2n) is 4.99. The van der Waals surface area contributed by atoms with Gasteiger partial charge in [-0.1, -0.05) is 36.4 Å². The van der Waals surface area contributed by atoms with E-state index in [1.165, 1.54) is 16.8 Å². The van der Waals surface area contributed by atoms with Crippen molar-refractivity contribution in [1.82, 2.24) is 5.32 Å². The lowest BCUT2D eigenvalue weighted by Crippen LogP contribution is -2.43. The summed E-state index contributed by atoms with van der Waals surface area (Å²) in [5.74, 6) is 0.951. The van der Waals surface area contributed by atoms with E-state index in [9.17, 15) is 0 Å². The Bertz CT molecular complexity index is 562. The van der Waals surface area contributed by atoms with Gasteiger partial charge in [-0.15, -0.1) is 0 Å². The van der Waals surface area contributed by atoms with Crippen molar-refractivity contribution in [3.63, 3.8) is 0 Å². The fraction of sp³-hybridized carbons (Fsp3) is 0.294. The molecule has 1 aliphatic heterocycles. The number of anilines is 1. The lowest BCUT2D eigenvalue weighted by molar-refractivity contribution is 0.413. The second kappa shape index (κ2) is 5.97. The van der Waals surface area contributed by atoms with E-state index in [4.69, 9.17) is 4.74 Å². The molecular formula is C17H20N2O. The molecule has 3 rings (SSSR count). The number of hydrogen-bond donors (Lipinski definition) is 1. The van der Waals surface area contributed by atoms with Crippen molar-refractivity contribution in [2.24, 2.45) is 0 Å². The number of nitrogens with one attached hydrogen (secondary N) is 1. The normalized spacial score (nSPS) is 15.2. The van der Waals surface area contributed by atoms with Gasteiger partial charge in [0.05, 0.1) is 12.8 Å². The Hall–Kier alpha value is -2.00. The molecule has 0 aliphatic carbocycles. The van der Waals surface area contributed by atoms with Crippen LogP contribution >= 0.6 is 0 Å². The van der Waals surface area contributed by atoms with E-state index in [0.29, 0.717) is 0 Å². The molecule has 20 heavy (non-hydrogen) atoms. The van der Waals surface area contributed by atoms with Gasteiger partial charge in [-0.2, -0.15) is 0 Å². The largest absolute Gasteiger partial charge is 0.495 e.